The van der Waals surface area contributed by atoms with Gasteiger partial charge in [0.1, 0.15) is 0 Å². The summed E-state index contributed by atoms with van der Waals surface area (Å²) in [5, 5.41) is 6.12. The minimum absolute atomic E-state index is 0.00849. The molecule has 0 bridgehead atoms. The van der Waals surface area contributed by atoms with E-state index in [0.29, 0.717) is 30.8 Å². The summed E-state index contributed by atoms with van der Waals surface area (Å²) in [7, 11) is 2.95. The van der Waals surface area contributed by atoms with Gasteiger partial charge in [0.2, 0.25) is 11.8 Å². The normalized spacial score (nSPS) is 9.89. The van der Waals surface area contributed by atoms with Crippen LogP contribution in [0.5, 0.6) is 0 Å². The summed E-state index contributed by atoms with van der Waals surface area (Å²) in [4.78, 5) is 22.8. The van der Waals surface area contributed by atoms with Gasteiger partial charge in [0, 0.05) is 25.1 Å². The molecule has 0 atom stereocenters. The number of carbonyl (C=O) groups excluding carboxylic acids is 2. The van der Waals surface area contributed by atoms with Crippen molar-refractivity contribution in [3.8, 4) is 0 Å². The Hall–Kier alpha value is -0.270. The van der Waals surface area contributed by atoms with E-state index in [1.165, 1.54) is 21.6 Å². The number of hydrogen-bond acceptors (Lipinski definition) is 5. The Morgan fingerprint density at radius 1 is 1.17 bits per heavy atom. The molecule has 0 rings (SSSR count). The molecule has 7 heteroatoms. The third-order valence-corrected chi connectivity index (χ3v) is 4.08. The molecule has 0 spiro atoms. The lowest BCUT2D eigenvalue weighted by Gasteiger charge is -2.06. The second-order valence-corrected chi connectivity index (χ2v) is 6.90. The van der Waals surface area contributed by atoms with Crippen LogP contribution in [0.2, 0.25) is 0 Å². The van der Waals surface area contributed by atoms with Crippen LogP contribution in [-0.2, 0) is 9.59 Å². The van der Waals surface area contributed by atoms with Gasteiger partial charge in [-0.05, 0) is 29.7 Å². The first-order valence-corrected chi connectivity index (χ1v) is 9.50. The molecule has 0 aromatic carbocycles. The van der Waals surface area contributed by atoms with Gasteiger partial charge in [-0.3, -0.25) is 9.59 Å². The zero-order valence-corrected chi connectivity index (χ0v) is 13.2. The van der Waals surface area contributed by atoms with Crippen molar-refractivity contribution in [1.29, 1.82) is 0 Å². The number of thioether (sulfide) groups is 1. The van der Waals surface area contributed by atoms with Crippen molar-refractivity contribution in [3.63, 3.8) is 0 Å². The molecule has 104 valence electrons. The van der Waals surface area contributed by atoms with E-state index in [1.54, 1.807) is 11.8 Å². The van der Waals surface area contributed by atoms with Crippen LogP contribution in [0.3, 0.4) is 0 Å². The molecule has 0 saturated carbocycles. The van der Waals surface area contributed by atoms with Gasteiger partial charge in [0.05, 0.1) is 5.03 Å². The molecule has 2 amide bonds. The van der Waals surface area contributed by atoms with E-state index in [4.69, 9.17) is 0 Å². The van der Waals surface area contributed by atoms with Gasteiger partial charge in [-0.1, -0.05) is 17.4 Å². The topological polar surface area (TPSA) is 58.2 Å². The van der Waals surface area contributed by atoms with Crippen molar-refractivity contribution < 1.29 is 9.59 Å². The smallest absolute Gasteiger partial charge is 0.224 e. The lowest BCUT2D eigenvalue weighted by atomic mass is 10.2. The molecule has 0 aromatic rings. The summed E-state index contributed by atoms with van der Waals surface area (Å²) in [6.07, 6.45) is 5.22. The van der Waals surface area contributed by atoms with Gasteiger partial charge in [-0.25, -0.2) is 0 Å². The molecule has 0 radical (unpaired) electrons. The van der Waals surface area contributed by atoms with Crippen molar-refractivity contribution >= 4 is 45.2 Å². The van der Waals surface area contributed by atoms with E-state index >= 15 is 0 Å². The summed E-state index contributed by atoms with van der Waals surface area (Å²) >= 11 is 1.69. The van der Waals surface area contributed by atoms with Crippen LogP contribution in [0.25, 0.3) is 0 Å². The average molecular weight is 308 g/mol. The van der Waals surface area contributed by atoms with Gasteiger partial charge in [-0.15, -0.1) is 0 Å². The fourth-order valence-corrected chi connectivity index (χ4v) is 2.52. The predicted molar refractivity (Wildman–Crippen MR) is 83.6 cm³/mol. The van der Waals surface area contributed by atoms with E-state index in [9.17, 15) is 9.59 Å². The van der Waals surface area contributed by atoms with Gasteiger partial charge in [-0.2, -0.15) is 11.8 Å². The number of hydrogen-bond donors (Lipinski definition) is 2. The zero-order valence-electron chi connectivity index (χ0n) is 10.8. The van der Waals surface area contributed by atoms with E-state index in [-0.39, 0.29) is 11.8 Å². The van der Waals surface area contributed by atoms with Crippen LogP contribution < -0.4 is 10.6 Å². The Labute approximate surface area is 121 Å². The number of nitrogens with one attached hydrogen (secondary N) is 2. The highest BCUT2D eigenvalue weighted by Gasteiger charge is 2.06. The molecule has 0 unspecified atom stereocenters. The third kappa shape index (κ3) is 10.9. The van der Waals surface area contributed by atoms with Crippen molar-refractivity contribution in [3.05, 3.63) is 11.6 Å². The van der Waals surface area contributed by atoms with E-state index in [0.717, 1.165) is 5.75 Å². The monoisotopic (exact) mass is 308 g/mol. The highest BCUT2D eigenvalue weighted by molar-refractivity contribution is 8.77. The maximum absolute atomic E-state index is 11.4. The highest BCUT2D eigenvalue weighted by Crippen LogP contribution is 2.23. The highest BCUT2D eigenvalue weighted by atomic mass is 33.1. The van der Waals surface area contributed by atoms with Gasteiger partial charge >= 0.3 is 0 Å². The molecule has 0 aliphatic rings. The lowest BCUT2D eigenvalue weighted by Crippen LogP contribution is -2.26. The summed E-state index contributed by atoms with van der Waals surface area (Å²) in [6, 6.07) is 0. The molecule has 0 aliphatic carbocycles. The standard InChI is InChI=1S/C11H20N2O2S3/c1-9(18-17-3)13-11(15)6-4-5-10(14)12-7-8-16-2/h1,4-8H2,2-3H3,(H,12,14)(H,13,15). The number of amides is 2. The maximum atomic E-state index is 11.4. The largest absolute Gasteiger partial charge is 0.355 e. The minimum Gasteiger partial charge on any atom is -0.355 e. The molecule has 0 fully saturated rings. The molecule has 0 heterocycles. The SMILES string of the molecule is C=C(NC(=O)CCCC(=O)NCCSC)SSC. The minimum atomic E-state index is -0.0848. The first kappa shape index (κ1) is 17.7. The average Bonchev–Trinajstić information content (AvgIpc) is 2.29. The Kier molecular flexibility index (Phi) is 11.6. The second kappa shape index (κ2) is 11.8. The Bertz CT molecular complexity index is 285. The summed E-state index contributed by atoms with van der Waals surface area (Å²) in [6.45, 7) is 4.39. The molecule has 2 N–H and O–H groups in total. The maximum Gasteiger partial charge on any atom is 0.224 e. The fourth-order valence-electron chi connectivity index (χ4n) is 1.13. The van der Waals surface area contributed by atoms with Crippen LogP contribution in [0, 0.1) is 0 Å². The Morgan fingerprint density at radius 2 is 1.83 bits per heavy atom. The van der Waals surface area contributed by atoms with Crippen LogP contribution in [0.15, 0.2) is 11.6 Å². The van der Waals surface area contributed by atoms with Crippen LogP contribution in [0.4, 0.5) is 0 Å². The van der Waals surface area contributed by atoms with Crippen LogP contribution in [0.1, 0.15) is 19.3 Å². The predicted octanol–water partition coefficient (Wildman–Crippen LogP) is 2.23. The Morgan fingerprint density at radius 3 is 2.44 bits per heavy atom. The van der Waals surface area contributed by atoms with E-state index < -0.39 is 0 Å². The van der Waals surface area contributed by atoms with Gasteiger partial charge < -0.3 is 10.6 Å². The quantitative estimate of drug-likeness (QED) is 0.479. The lowest BCUT2D eigenvalue weighted by molar-refractivity contribution is -0.121. The van der Waals surface area contributed by atoms with E-state index in [1.807, 2.05) is 12.5 Å². The molecule has 0 aromatic heterocycles. The summed E-state index contributed by atoms with van der Waals surface area (Å²) in [5.41, 5.74) is 0. The summed E-state index contributed by atoms with van der Waals surface area (Å²) in [5.74, 6) is 0.838. The van der Waals surface area contributed by atoms with Gasteiger partial charge in [0.15, 0.2) is 0 Å². The van der Waals surface area contributed by atoms with Crippen LogP contribution >= 0.6 is 33.3 Å². The number of rotatable bonds is 10. The number of carbonyl (C=O) groups is 2. The summed E-state index contributed by atoms with van der Waals surface area (Å²) < 4.78 is 0. The van der Waals surface area contributed by atoms with Gasteiger partial charge in [0.25, 0.3) is 0 Å². The van der Waals surface area contributed by atoms with Crippen molar-refractivity contribution in [2.45, 2.75) is 19.3 Å². The fraction of sp³-hybridized carbons (Fsp3) is 0.636. The van der Waals surface area contributed by atoms with Crippen LogP contribution in [-0.4, -0.2) is 36.6 Å². The Balaban J connectivity index is 3.55. The molecular weight excluding hydrogens is 288 g/mol. The molecule has 0 saturated heterocycles. The van der Waals surface area contributed by atoms with Crippen molar-refractivity contribution in [2.75, 3.05) is 24.8 Å². The third-order valence-electron chi connectivity index (χ3n) is 1.90. The molecule has 0 aliphatic heterocycles. The van der Waals surface area contributed by atoms with E-state index in [2.05, 4.69) is 17.2 Å². The van der Waals surface area contributed by atoms with Crippen molar-refractivity contribution in [2.24, 2.45) is 0 Å². The van der Waals surface area contributed by atoms with Crippen molar-refractivity contribution in [1.82, 2.24) is 10.6 Å². The molecule has 18 heavy (non-hydrogen) atoms. The first-order chi connectivity index (χ1) is 8.60. The second-order valence-electron chi connectivity index (χ2n) is 3.42. The molecular formula is C11H20N2O2S3. The first-order valence-electron chi connectivity index (χ1n) is 5.55. The molecule has 4 nitrogen and oxygen atoms in total. The zero-order chi connectivity index (χ0) is 13.8.